The molecule has 0 saturated carbocycles. The highest BCUT2D eigenvalue weighted by molar-refractivity contribution is 6.30. The topological polar surface area (TPSA) is 47.6 Å². The van der Waals surface area contributed by atoms with E-state index in [0.29, 0.717) is 11.6 Å². The molecule has 5 heteroatoms. The summed E-state index contributed by atoms with van der Waals surface area (Å²) in [5.41, 5.74) is 0.899. The summed E-state index contributed by atoms with van der Waals surface area (Å²) in [4.78, 5) is 11.2. The zero-order valence-corrected chi connectivity index (χ0v) is 10.9. The van der Waals surface area contributed by atoms with Crippen molar-refractivity contribution in [2.24, 2.45) is 0 Å². The van der Waals surface area contributed by atoms with Gasteiger partial charge in [0, 0.05) is 17.1 Å². The van der Waals surface area contributed by atoms with Gasteiger partial charge in [-0.1, -0.05) is 11.6 Å². The molecule has 0 saturated heterocycles. The number of methoxy groups -OCH3 is 2. The summed E-state index contributed by atoms with van der Waals surface area (Å²) in [7, 11) is 2.96. The second-order valence-electron chi connectivity index (χ2n) is 3.58. The smallest absolute Gasteiger partial charge is 0.322 e. The standard InChI is InChI=1S/C12H16ClNO3/c1-8(12(15)17-3)14-7-9-6-10(13)4-5-11(9)16-2/h4-6,8,14H,7H2,1-3H3. The minimum absolute atomic E-state index is 0.300. The van der Waals surface area contributed by atoms with Crippen LogP contribution >= 0.6 is 11.6 Å². The maximum absolute atomic E-state index is 11.2. The zero-order valence-electron chi connectivity index (χ0n) is 10.1. The largest absolute Gasteiger partial charge is 0.496 e. The number of carbonyl (C=O) groups excluding carboxylic acids is 1. The van der Waals surface area contributed by atoms with Crippen LogP contribution in [0.1, 0.15) is 12.5 Å². The summed E-state index contributed by atoms with van der Waals surface area (Å²) in [5.74, 6) is 0.435. The molecule has 0 aliphatic rings. The molecule has 1 atom stereocenters. The van der Waals surface area contributed by atoms with E-state index in [1.807, 2.05) is 0 Å². The molecule has 1 aromatic rings. The van der Waals surface area contributed by atoms with Gasteiger partial charge in [-0.3, -0.25) is 4.79 Å². The van der Waals surface area contributed by atoms with E-state index in [1.165, 1.54) is 7.11 Å². The van der Waals surface area contributed by atoms with E-state index in [1.54, 1.807) is 32.2 Å². The summed E-state index contributed by atoms with van der Waals surface area (Å²) in [5, 5.41) is 3.67. The normalized spacial score (nSPS) is 12.0. The van der Waals surface area contributed by atoms with Crippen molar-refractivity contribution >= 4 is 17.6 Å². The van der Waals surface area contributed by atoms with Crippen molar-refractivity contribution in [3.63, 3.8) is 0 Å². The SMILES string of the molecule is COC(=O)C(C)NCc1cc(Cl)ccc1OC. The summed E-state index contributed by atoms with van der Waals surface area (Å²) >= 11 is 5.90. The molecule has 1 aromatic carbocycles. The molecule has 1 rings (SSSR count). The number of esters is 1. The summed E-state index contributed by atoms with van der Waals surface area (Å²) in [6.07, 6.45) is 0. The van der Waals surface area contributed by atoms with Crippen LogP contribution in [-0.2, 0) is 16.1 Å². The van der Waals surface area contributed by atoms with E-state index in [0.717, 1.165) is 11.3 Å². The average Bonchev–Trinajstić information content (AvgIpc) is 2.35. The van der Waals surface area contributed by atoms with E-state index in [-0.39, 0.29) is 12.0 Å². The molecule has 1 N–H and O–H groups in total. The predicted octanol–water partition coefficient (Wildman–Crippen LogP) is 2.00. The molecule has 0 spiro atoms. The monoisotopic (exact) mass is 257 g/mol. The summed E-state index contributed by atoms with van der Waals surface area (Å²) < 4.78 is 9.83. The van der Waals surface area contributed by atoms with E-state index >= 15 is 0 Å². The number of hydrogen-bond acceptors (Lipinski definition) is 4. The molecule has 0 aliphatic heterocycles. The van der Waals surface area contributed by atoms with E-state index < -0.39 is 0 Å². The fourth-order valence-electron chi connectivity index (χ4n) is 1.41. The number of rotatable bonds is 5. The van der Waals surface area contributed by atoms with Crippen LogP contribution in [0, 0.1) is 0 Å². The van der Waals surface area contributed by atoms with Crippen molar-refractivity contribution in [2.75, 3.05) is 14.2 Å². The maximum atomic E-state index is 11.2. The number of nitrogens with one attached hydrogen (secondary N) is 1. The Kier molecular flexibility index (Phi) is 5.25. The fraction of sp³-hybridized carbons (Fsp3) is 0.417. The van der Waals surface area contributed by atoms with Crippen molar-refractivity contribution in [3.05, 3.63) is 28.8 Å². The first-order valence-electron chi connectivity index (χ1n) is 5.22. The molecular weight excluding hydrogens is 242 g/mol. The molecule has 4 nitrogen and oxygen atoms in total. The highest BCUT2D eigenvalue weighted by Crippen LogP contribution is 2.22. The van der Waals surface area contributed by atoms with Gasteiger partial charge in [0.1, 0.15) is 11.8 Å². The lowest BCUT2D eigenvalue weighted by Crippen LogP contribution is -2.34. The van der Waals surface area contributed by atoms with Crippen LogP contribution in [0.2, 0.25) is 5.02 Å². The average molecular weight is 258 g/mol. The number of ether oxygens (including phenoxy) is 2. The molecule has 17 heavy (non-hydrogen) atoms. The van der Waals surface area contributed by atoms with Crippen LogP contribution in [0.15, 0.2) is 18.2 Å². The van der Waals surface area contributed by atoms with Crippen LogP contribution in [-0.4, -0.2) is 26.2 Å². The molecule has 94 valence electrons. The minimum Gasteiger partial charge on any atom is -0.496 e. The lowest BCUT2D eigenvalue weighted by Gasteiger charge is -2.13. The molecular formula is C12H16ClNO3. The van der Waals surface area contributed by atoms with Crippen LogP contribution in [0.5, 0.6) is 5.75 Å². The number of benzene rings is 1. The Hall–Kier alpha value is -1.26. The molecule has 0 radical (unpaired) electrons. The number of hydrogen-bond donors (Lipinski definition) is 1. The number of carbonyl (C=O) groups is 1. The Bertz CT molecular complexity index is 395. The summed E-state index contributed by atoms with van der Waals surface area (Å²) in [6, 6.07) is 4.98. The quantitative estimate of drug-likeness (QED) is 0.820. The zero-order chi connectivity index (χ0) is 12.8. The van der Waals surface area contributed by atoms with Crippen molar-refractivity contribution in [2.45, 2.75) is 19.5 Å². The van der Waals surface area contributed by atoms with E-state index in [9.17, 15) is 4.79 Å². The van der Waals surface area contributed by atoms with Gasteiger partial charge in [0.15, 0.2) is 0 Å². The molecule has 0 heterocycles. The van der Waals surface area contributed by atoms with Gasteiger partial charge in [-0.25, -0.2) is 0 Å². The van der Waals surface area contributed by atoms with Gasteiger partial charge >= 0.3 is 5.97 Å². The lowest BCUT2D eigenvalue weighted by molar-refractivity contribution is -0.142. The fourth-order valence-corrected chi connectivity index (χ4v) is 1.60. The third-order valence-corrected chi connectivity index (χ3v) is 2.63. The Morgan fingerprint density at radius 3 is 2.76 bits per heavy atom. The van der Waals surface area contributed by atoms with Gasteiger partial charge in [0.25, 0.3) is 0 Å². The first-order chi connectivity index (χ1) is 8.08. The second-order valence-corrected chi connectivity index (χ2v) is 4.02. The Balaban J connectivity index is 2.68. The molecule has 1 unspecified atom stereocenters. The minimum atomic E-state index is -0.372. The van der Waals surface area contributed by atoms with Gasteiger partial charge < -0.3 is 14.8 Å². The van der Waals surface area contributed by atoms with Gasteiger partial charge in [-0.2, -0.15) is 0 Å². The van der Waals surface area contributed by atoms with E-state index in [4.69, 9.17) is 16.3 Å². The van der Waals surface area contributed by atoms with Crippen LogP contribution < -0.4 is 10.1 Å². The van der Waals surface area contributed by atoms with Crippen LogP contribution in [0.4, 0.5) is 0 Å². The predicted molar refractivity (Wildman–Crippen MR) is 66.3 cm³/mol. The van der Waals surface area contributed by atoms with Gasteiger partial charge in [-0.15, -0.1) is 0 Å². The first kappa shape index (κ1) is 13.8. The van der Waals surface area contributed by atoms with Crippen molar-refractivity contribution in [1.82, 2.24) is 5.32 Å². The van der Waals surface area contributed by atoms with Gasteiger partial charge in [0.2, 0.25) is 0 Å². The van der Waals surface area contributed by atoms with Gasteiger partial charge in [-0.05, 0) is 25.1 Å². The van der Waals surface area contributed by atoms with E-state index in [2.05, 4.69) is 10.1 Å². The van der Waals surface area contributed by atoms with Gasteiger partial charge in [0.05, 0.1) is 14.2 Å². The van der Waals surface area contributed by atoms with Crippen molar-refractivity contribution in [3.8, 4) is 5.75 Å². The molecule has 0 fully saturated rings. The van der Waals surface area contributed by atoms with Crippen molar-refractivity contribution in [1.29, 1.82) is 0 Å². The maximum Gasteiger partial charge on any atom is 0.322 e. The molecule has 0 bridgehead atoms. The lowest BCUT2D eigenvalue weighted by atomic mass is 10.2. The molecule has 0 amide bonds. The van der Waals surface area contributed by atoms with Crippen LogP contribution in [0.25, 0.3) is 0 Å². The number of halogens is 1. The third kappa shape index (κ3) is 3.91. The molecule has 0 aromatic heterocycles. The highest BCUT2D eigenvalue weighted by Gasteiger charge is 2.13. The molecule has 0 aliphatic carbocycles. The third-order valence-electron chi connectivity index (χ3n) is 2.40. The van der Waals surface area contributed by atoms with Crippen molar-refractivity contribution < 1.29 is 14.3 Å². The Morgan fingerprint density at radius 1 is 1.47 bits per heavy atom. The first-order valence-corrected chi connectivity index (χ1v) is 5.60. The Morgan fingerprint density at radius 2 is 2.18 bits per heavy atom. The highest BCUT2D eigenvalue weighted by atomic mass is 35.5. The second kappa shape index (κ2) is 6.47. The summed E-state index contributed by atoms with van der Waals surface area (Å²) in [6.45, 7) is 2.23. The Labute approximate surface area is 106 Å². The van der Waals surface area contributed by atoms with Crippen LogP contribution in [0.3, 0.4) is 0 Å².